The van der Waals surface area contributed by atoms with Crippen LogP contribution in [0.5, 0.6) is 0 Å². The highest BCUT2D eigenvalue weighted by molar-refractivity contribution is 5.30. The minimum absolute atomic E-state index is 0.329. The standard InChI is InChI=1S/C13H23N3O/c1-4-7-16-9-10(2)14-13(16)15-11(3)12-6-5-8-17-12/h9,11-12H,4-8H2,1-3H3,(H,14,15). The zero-order chi connectivity index (χ0) is 12.3. The van der Waals surface area contributed by atoms with E-state index in [1.807, 2.05) is 6.92 Å². The molecule has 2 atom stereocenters. The van der Waals surface area contributed by atoms with Crippen molar-refractivity contribution in [3.63, 3.8) is 0 Å². The van der Waals surface area contributed by atoms with E-state index in [-0.39, 0.29) is 0 Å². The molecule has 4 heteroatoms. The Bertz CT molecular complexity index is 356. The largest absolute Gasteiger partial charge is 0.376 e. The van der Waals surface area contributed by atoms with Crippen LogP contribution in [-0.4, -0.2) is 28.3 Å². The summed E-state index contributed by atoms with van der Waals surface area (Å²) in [5.41, 5.74) is 1.07. The molecule has 0 amide bonds. The van der Waals surface area contributed by atoms with Crippen molar-refractivity contribution in [2.24, 2.45) is 0 Å². The lowest BCUT2D eigenvalue weighted by Crippen LogP contribution is -2.31. The summed E-state index contributed by atoms with van der Waals surface area (Å²) in [6.07, 6.45) is 5.90. The average Bonchev–Trinajstić information content (AvgIpc) is 2.89. The normalized spacial score (nSPS) is 21.7. The van der Waals surface area contributed by atoms with Crippen LogP contribution in [-0.2, 0) is 11.3 Å². The monoisotopic (exact) mass is 237 g/mol. The maximum Gasteiger partial charge on any atom is 0.203 e. The summed E-state index contributed by atoms with van der Waals surface area (Å²) in [5, 5.41) is 3.48. The van der Waals surface area contributed by atoms with E-state index in [1.165, 1.54) is 6.42 Å². The van der Waals surface area contributed by atoms with E-state index in [4.69, 9.17) is 4.74 Å². The van der Waals surface area contributed by atoms with E-state index < -0.39 is 0 Å². The highest BCUT2D eigenvalue weighted by atomic mass is 16.5. The number of aryl methyl sites for hydroxylation is 2. The van der Waals surface area contributed by atoms with Gasteiger partial charge in [-0.25, -0.2) is 4.98 Å². The maximum atomic E-state index is 5.69. The first-order chi connectivity index (χ1) is 8.20. The Morgan fingerprint density at radius 1 is 1.65 bits per heavy atom. The van der Waals surface area contributed by atoms with Crippen molar-refractivity contribution in [3.05, 3.63) is 11.9 Å². The molecular formula is C13H23N3O. The summed E-state index contributed by atoms with van der Waals surface area (Å²) in [6, 6.07) is 0.329. The van der Waals surface area contributed by atoms with Crippen molar-refractivity contribution in [3.8, 4) is 0 Å². The molecule has 2 unspecified atom stereocenters. The lowest BCUT2D eigenvalue weighted by atomic mass is 10.1. The van der Waals surface area contributed by atoms with Crippen LogP contribution in [0.15, 0.2) is 6.20 Å². The highest BCUT2D eigenvalue weighted by Gasteiger charge is 2.23. The number of hydrogen-bond acceptors (Lipinski definition) is 3. The first kappa shape index (κ1) is 12.4. The van der Waals surface area contributed by atoms with Crippen LogP contribution in [0.2, 0.25) is 0 Å². The van der Waals surface area contributed by atoms with Gasteiger partial charge in [-0.15, -0.1) is 0 Å². The Hall–Kier alpha value is -1.03. The van der Waals surface area contributed by atoms with Gasteiger partial charge < -0.3 is 14.6 Å². The van der Waals surface area contributed by atoms with Gasteiger partial charge in [0.2, 0.25) is 5.95 Å². The quantitative estimate of drug-likeness (QED) is 0.855. The summed E-state index contributed by atoms with van der Waals surface area (Å²) in [7, 11) is 0. The number of imidazole rings is 1. The summed E-state index contributed by atoms with van der Waals surface area (Å²) < 4.78 is 7.89. The van der Waals surface area contributed by atoms with Crippen LogP contribution in [0.25, 0.3) is 0 Å². The average molecular weight is 237 g/mol. The lowest BCUT2D eigenvalue weighted by molar-refractivity contribution is 0.0993. The van der Waals surface area contributed by atoms with Crippen LogP contribution in [0.1, 0.15) is 38.8 Å². The molecule has 0 bridgehead atoms. The molecule has 1 fully saturated rings. The Balaban J connectivity index is 2.01. The summed E-state index contributed by atoms with van der Waals surface area (Å²) >= 11 is 0. The third-order valence-electron chi connectivity index (χ3n) is 3.24. The first-order valence-corrected chi connectivity index (χ1v) is 6.62. The second kappa shape index (κ2) is 5.54. The number of rotatable bonds is 5. The molecule has 0 radical (unpaired) electrons. The van der Waals surface area contributed by atoms with Crippen LogP contribution >= 0.6 is 0 Å². The van der Waals surface area contributed by atoms with Crippen LogP contribution < -0.4 is 5.32 Å². The molecule has 2 heterocycles. The van der Waals surface area contributed by atoms with Gasteiger partial charge in [0.15, 0.2) is 0 Å². The summed E-state index contributed by atoms with van der Waals surface area (Å²) in [4.78, 5) is 4.54. The molecule has 1 aromatic heterocycles. The Morgan fingerprint density at radius 3 is 3.12 bits per heavy atom. The minimum atomic E-state index is 0.329. The van der Waals surface area contributed by atoms with E-state index in [0.29, 0.717) is 12.1 Å². The molecule has 4 nitrogen and oxygen atoms in total. The van der Waals surface area contributed by atoms with Crippen LogP contribution in [0.4, 0.5) is 5.95 Å². The molecule has 1 aromatic rings. The molecule has 0 saturated carbocycles. The number of anilines is 1. The van der Waals surface area contributed by atoms with Gasteiger partial charge in [0, 0.05) is 19.3 Å². The molecule has 1 aliphatic rings. The van der Waals surface area contributed by atoms with Crippen molar-refractivity contribution in [2.75, 3.05) is 11.9 Å². The van der Waals surface area contributed by atoms with E-state index in [9.17, 15) is 0 Å². The lowest BCUT2D eigenvalue weighted by Gasteiger charge is -2.21. The van der Waals surface area contributed by atoms with E-state index in [2.05, 4.69) is 34.9 Å². The summed E-state index contributed by atoms with van der Waals surface area (Å²) in [5.74, 6) is 0.979. The van der Waals surface area contributed by atoms with Gasteiger partial charge in [0.1, 0.15) is 0 Å². The molecular weight excluding hydrogens is 214 g/mol. The molecule has 1 N–H and O–H groups in total. The fourth-order valence-corrected chi connectivity index (χ4v) is 2.37. The predicted molar refractivity (Wildman–Crippen MR) is 69.3 cm³/mol. The second-order valence-electron chi connectivity index (χ2n) is 4.88. The number of hydrogen-bond donors (Lipinski definition) is 1. The van der Waals surface area contributed by atoms with Crippen molar-refractivity contribution in [1.82, 2.24) is 9.55 Å². The van der Waals surface area contributed by atoms with Crippen molar-refractivity contribution in [1.29, 1.82) is 0 Å². The maximum absolute atomic E-state index is 5.69. The van der Waals surface area contributed by atoms with Gasteiger partial charge in [0.25, 0.3) is 0 Å². The molecule has 0 spiro atoms. The fourth-order valence-electron chi connectivity index (χ4n) is 2.37. The van der Waals surface area contributed by atoms with Gasteiger partial charge in [-0.1, -0.05) is 6.92 Å². The fraction of sp³-hybridized carbons (Fsp3) is 0.769. The molecule has 96 valence electrons. The molecule has 0 aliphatic carbocycles. The first-order valence-electron chi connectivity index (χ1n) is 6.62. The molecule has 0 aromatic carbocycles. The van der Waals surface area contributed by atoms with Crippen molar-refractivity contribution >= 4 is 5.95 Å². The zero-order valence-corrected chi connectivity index (χ0v) is 11.1. The van der Waals surface area contributed by atoms with Gasteiger partial charge >= 0.3 is 0 Å². The SMILES string of the molecule is CCCn1cc(C)nc1NC(C)C1CCCO1. The van der Waals surface area contributed by atoms with Gasteiger partial charge in [0.05, 0.1) is 17.8 Å². The summed E-state index contributed by atoms with van der Waals surface area (Å²) in [6.45, 7) is 8.31. The second-order valence-corrected chi connectivity index (χ2v) is 4.88. The number of ether oxygens (including phenoxy) is 1. The smallest absolute Gasteiger partial charge is 0.203 e. The molecule has 2 rings (SSSR count). The molecule has 1 saturated heterocycles. The van der Waals surface area contributed by atoms with Gasteiger partial charge in [-0.3, -0.25) is 0 Å². The number of aromatic nitrogens is 2. The number of nitrogens with zero attached hydrogens (tertiary/aromatic N) is 2. The van der Waals surface area contributed by atoms with Crippen molar-refractivity contribution in [2.45, 2.75) is 58.7 Å². The molecule has 1 aliphatic heterocycles. The third-order valence-corrected chi connectivity index (χ3v) is 3.24. The van der Waals surface area contributed by atoms with E-state index >= 15 is 0 Å². The van der Waals surface area contributed by atoms with Crippen molar-refractivity contribution < 1.29 is 4.74 Å². The Kier molecular flexibility index (Phi) is 4.05. The topological polar surface area (TPSA) is 39.1 Å². The molecule has 17 heavy (non-hydrogen) atoms. The number of nitrogens with one attached hydrogen (secondary N) is 1. The van der Waals surface area contributed by atoms with Crippen LogP contribution in [0, 0.1) is 6.92 Å². The Morgan fingerprint density at radius 2 is 2.47 bits per heavy atom. The van der Waals surface area contributed by atoms with E-state index in [1.54, 1.807) is 0 Å². The Labute approximate surface area is 103 Å². The predicted octanol–water partition coefficient (Wildman–Crippen LogP) is 2.58. The third kappa shape index (κ3) is 3.00. The zero-order valence-electron chi connectivity index (χ0n) is 11.1. The minimum Gasteiger partial charge on any atom is -0.376 e. The van der Waals surface area contributed by atoms with Crippen LogP contribution in [0.3, 0.4) is 0 Å². The van der Waals surface area contributed by atoms with Gasteiger partial charge in [-0.2, -0.15) is 0 Å². The van der Waals surface area contributed by atoms with E-state index in [0.717, 1.165) is 37.6 Å². The van der Waals surface area contributed by atoms with Gasteiger partial charge in [-0.05, 0) is 33.1 Å². The highest BCUT2D eigenvalue weighted by Crippen LogP contribution is 2.19.